The van der Waals surface area contributed by atoms with Crippen molar-refractivity contribution < 1.29 is 9.59 Å². The minimum Gasteiger partial charge on any atom is -0.298 e. The number of nitrogens with zero attached hydrogens (tertiary/aromatic N) is 3. The predicted molar refractivity (Wildman–Crippen MR) is 89.6 cm³/mol. The van der Waals surface area contributed by atoms with E-state index in [1.807, 2.05) is 0 Å². The highest BCUT2D eigenvalue weighted by molar-refractivity contribution is 7.80. The van der Waals surface area contributed by atoms with Gasteiger partial charge >= 0.3 is 5.69 Å². The molecular formula is C15H14N4O3S. The van der Waals surface area contributed by atoms with Crippen LogP contribution in [0.3, 0.4) is 0 Å². The van der Waals surface area contributed by atoms with Gasteiger partial charge in [0.1, 0.15) is 5.57 Å². The van der Waals surface area contributed by atoms with Crippen molar-refractivity contribution >= 4 is 46.3 Å². The standard InChI is InChI=1S/C15H14N4O3S/c1-17-10-5-4-8(7-11(10)18(2)15(17)22)6-9-12(20)16-14(23)19(3)13(9)21/h4-7H,1-3H3,(H,16,20,23)/b9-6+. The molecule has 0 radical (unpaired) electrons. The van der Waals surface area contributed by atoms with Crippen molar-refractivity contribution in [2.45, 2.75) is 0 Å². The Hall–Kier alpha value is -2.74. The van der Waals surface area contributed by atoms with Gasteiger partial charge in [-0.3, -0.25) is 28.9 Å². The van der Waals surface area contributed by atoms with Crippen molar-refractivity contribution in [3.8, 4) is 0 Å². The molecule has 1 N–H and O–H groups in total. The minimum atomic E-state index is -0.528. The smallest absolute Gasteiger partial charge is 0.298 e. The molecule has 2 aromatic rings. The molecule has 8 heteroatoms. The third-order valence-electron chi connectivity index (χ3n) is 3.91. The van der Waals surface area contributed by atoms with Crippen molar-refractivity contribution in [2.75, 3.05) is 7.05 Å². The lowest BCUT2D eigenvalue weighted by molar-refractivity contribution is -0.128. The number of aromatic nitrogens is 2. The second kappa shape index (κ2) is 5.17. The number of amides is 2. The van der Waals surface area contributed by atoms with E-state index < -0.39 is 11.8 Å². The average molecular weight is 330 g/mol. The lowest BCUT2D eigenvalue weighted by Gasteiger charge is -2.25. The molecule has 0 spiro atoms. The third kappa shape index (κ3) is 2.27. The zero-order valence-electron chi connectivity index (χ0n) is 12.8. The number of fused-ring (bicyclic) bond motifs is 1. The molecular weight excluding hydrogens is 316 g/mol. The van der Waals surface area contributed by atoms with E-state index in [1.165, 1.54) is 27.2 Å². The molecule has 2 heterocycles. The summed E-state index contributed by atoms with van der Waals surface area (Å²) in [6, 6.07) is 5.29. The molecule has 1 aliphatic rings. The van der Waals surface area contributed by atoms with Crippen LogP contribution in [0.25, 0.3) is 17.1 Å². The first kappa shape index (κ1) is 15.2. The van der Waals surface area contributed by atoms with Crippen LogP contribution in [0.15, 0.2) is 28.6 Å². The fraction of sp³-hybridized carbons (Fsp3) is 0.200. The molecule has 23 heavy (non-hydrogen) atoms. The summed E-state index contributed by atoms with van der Waals surface area (Å²) in [6.07, 6.45) is 1.49. The highest BCUT2D eigenvalue weighted by atomic mass is 32.1. The van der Waals surface area contributed by atoms with Crippen LogP contribution in [0.1, 0.15) is 5.56 Å². The van der Waals surface area contributed by atoms with Crippen LogP contribution in [-0.4, -0.2) is 38.0 Å². The van der Waals surface area contributed by atoms with Crippen molar-refractivity contribution in [3.63, 3.8) is 0 Å². The molecule has 0 unspecified atom stereocenters. The number of carbonyl (C=O) groups excluding carboxylic acids is 2. The lowest BCUT2D eigenvalue weighted by atomic mass is 10.1. The number of rotatable bonds is 1. The number of carbonyl (C=O) groups is 2. The minimum absolute atomic E-state index is 0.00128. The Balaban J connectivity index is 2.12. The van der Waals surface area contributed by atoms with Crippen molar-refractivity contribution in [3.05, 3.63) is 39.8 Å². The van der Waals surface area contributed by atoms with E-state index in [0.29, 0.717) is 5.56 Å². The van der Waals surface area contributed by atoms with E-state index in [9.17, 15) is 14.4 Å². The van der Waals surface area contributed by atoms with Crippen LogP contribution in [0.5, 0.6) is 0 Å². The maximum atomic E-state index is 12.2. The molecule has 1 aromatic heterocycles. The van der Waals surface area contributed by atoms with Gasteiger partial charge in [0, 0.05) is 21.1 Å². The highest BCUT2D eigenvalue weighted by Crippen LogP contribution is 2.18. The highest BCUT2D eigenvalue weighted by Gasteiger charge is 2.30. The molecule has 3 rings (SSSR count). The van der Waals surface area contributed by atoms with Gasteiger partial charge in [-0.1, -0.05) is 6.07 Å². The quantitative estimate of drug-likeness (QED) is 0.458. The van der Waals surface area contributed by atoms with Crippen LogP contribution in [0.4, 0.5) is 0 Å². The summed E-state index contributed by atoms with van der Waals surface area (Å²) in [7, 11) is 4.87. The predicted octanol–water partition coefficient (Wildman–Crippen LogP) is 0.133. The van der Waals surface area contributed by atoms with Gasteiger partial charge in [-0.05, 0) is 36.0 Å². The number of likely N-dealkylation sites (N-methyl/N-ethyl adjacent to an activating group) is 1. The SMILES string of the molecule is CN1C(=O)/C(=C/c2ccc3c(c2)n(C)c(=O)n3C)C(=O)NC1=S. The summed E-state index contributed by atoms with van der Waals surface area (Å²) >= 11 is 4.90. The Labute approximate surface area is 136 Å². The van der Waals surface area contributed by atoms with Crippen molar-refractivity contribution in [1.29, 1.82) is 0 Å². The molecule has 0 aliphatic carbocycles. The van der Waals surface area contributed by atoms with Crippen LogP contribution < -0.4 is 11.0 Å². The first-order chi connectivity index (χ1) is 10.8. The van der Waals surface area contributed by atoms with E-state index >= 15 is 0 Å². The van der Waals surface area contributed by atoms with Gasteiger partial charge in [-0.15, -0.1) is 0 Å². The van der Waals surface area contributed by atoms with Gasteiger partial charge in [0.15, 0.2) is 5.11 Å². The number of hydrogen-bond donors (Lipinski definition) is 1. The summed E-state index contributed by atoms with van der Waals surface area (Å²) < 4.78 is 3.05. The van der Waals surface area contributed by atoms with Gasteiger partial charge < -0.3 is 0 Å². The van der Waals surface area contributed by atoms with Gasteiger partial charge in [-0.2, -0.15) is 0 Å². The number of hydrogen-bond acceptors (Lipinski definition) is 4. The lowest BCUT2D eigenvalue weighted by Crippen LogP contribution is -2.52. The second-order valence-corrected chi connectivity index (χ2v) is 5.72. The maximum absolute atomic E-state index is 12.2. The Bertz CT molecular complexity index is 967. The van der Waals surface area contributed by atoms with E-state index in [1.54, 1.807) is 32.3 Å². The first-order valence-corrected chi connectivity index (χ1v) is 7.22. The Morgan fingerprint density at radius 2 is 1.70 bits per heavy atom. The summed E-state index contributed by atoms with van der Waals surface area (Å²) in [4.78, 5) is 37.3. The van der Waals surface area contributed by atoms with Gasteiger partial charge in [0.05, 0.1) is 11.0 Å². The molecule has 0 atom stereocenters. The largest absolute Gasteiger partial charge is 0.328 e. The topological polar surface area (TPSA) is 76.3 Å². The van der Waals surface area contributed by atoms with Crippen LogP contribution >= 0.6 is 12.2 Å². The summed E-state index contributed by atoms with van der Waals surface area (Å²) in [6.45, 7) is 0. The van der Waals surface area contributed by atoms with Crippen LogP contribution in [-0.2, 0) is 23.7 Å². The van der Waals surface area contributed by atoms with E-state index in [2.05, 4.69) is 5.32 Å². The molecule has 1 aromatic carbocycles. The summed E-state index contributed by atoms with van der Waals surface area (Å²) in [5.74, 6) is -0.985. The second-order valence-electron chi connectivity index (χ2n) is 5.33. The monoisotopic (exact) mass is 330 g/mol. The van der Waals surface area contributed by atoms with Crippen molar-refractivity contribution in [1.82, 2.24) is 19.4 Å². The molecule has 118 valence electrons. The zero-order chi connectivity index (χ0) is 16.9. The van der Waals surface area contributed by atoms with E-state index in [-0.39, 0.29) is 16.4 Å². The first-order valence-electron chi connectivity index (χ1n) is 6.82. The molecule has 0 bridgehead atoms. The molecule has 1 saturated heterocycles. The molecule has 1 aliphatic heterocycles. The third-order valence-corrected chi connectivity index (χ3v) is 4.29. The number of thiocarbonyl (C=S) groups is 1. The van der Waals surface area contributed by atoms with E-state index in [0.717, 1.165) is 11.0 Å². The molecule has 0 saturated carbocycles. The fourth-order valence-corrected chi connectivity index (χ4v) is 2.70. The van der Waals surface area contributed by atoms with Crippen LogP contribution in [0, 0.1) is 0 Å². The van der Waals surface area contributed by atoms with Crippen molar-refractivity contribution in [2.24, 2.45) is 14.1 Å². The molecule has 2 amide bonds. The number of imidazole rings is 1. The normalized spacial score (nSPS) is 17.3. The molecule has 7 nitrogen and oxygen atoms in total. The van der Waals surface area contributed by atoms with Gasteiger partial charge in [-0.25, -0.2) is 4.79 Å². The maximum Gasteiger partial charge on any atom is 0.328 e. The average Bonchev–Trinajstić information content (AvgIpc) is 2.74. The Kier molecular flexibility index (Phi) is 3.41. The van der Waals surface area contributed by atoms with E-state index in [4.69, 9.17) is 12.2 Å². The summed E-state index contributed by atoms with van der Waals surface area (Å²) in [5.41, 5.74) is 2.01. The fourth-order valence-electron chi connectivity index (χ4n) is 2.53. The van der Waals surface area contributed by atoms with Gasteiger partial charge in [0.2, 0.25) is 0 Å². The van der Waals surface area contributed by atoms with Crippen LogP contribution in [0.2, 0.25) is 0 Å². The Morgan fingerprint density at radius 3 is 2.39 bits per heavy atom. The number of benzene rings is 1. The zero-order valence-corrected chi connectivity index (χ0v) is 13.6. The number of aryl methyl sites for hydroxylation is 2. The Morgan fingerprint density at radius 1 is 1.04 bits per heavy atom. The summed E-state index contributed by atoms with van der Waals surface area (Å²) in [5, 5.41) is 2.54. The number of nitrogens with one attached hydrogen (secondary N) is 1. The molecule has 1 fully saturated rings. The van der Waals surface area contributed by atoms with Gasteiger partial charge in [0.25, 0.3) is 11.8 Å².